The molecule has 0 fully saturated rings. The maximum absolute atomic E-state index is 9.60. The van der Waals surface area contributed by atoms with Gasteiger partial charge in [-0.25, -0.2) is 4.79 Å². The van der Waals surface area contributed by atoms with Crippen LogP contribution in [0.15, 0.2) is 12.2 Å². The number of carboxylic acid groups (broad SMARTS) is 1. The highest BCUT2D eigenvalue weighted by Crippen LogP contribution is 1.81. The van der Waals surface area contributed by atoms with Crippen LogP contribution < -0.4 is 0 Å². The van der Waals surface area contributed by atoms with Gasteiger partial charge in [0.2, 0.25) is 0 Å². The second kappa shape index (κ2) is 8.17. The van der Waals surface area contributed by atoms with Gasteiger partial charge in [-0.05, 0) is 13.3 Å². The minimum atomic E-state index is -0.935. The van der Waals surface area contributed by atoms with Gasteiger partial charge in [-0.15, -0.1) is 0 Å². The van der Waals surface area contributed by atoms with Crippen LogP contribution >= 0.6 is 0 Å². The number of hydrogen-bond donors (Lipinski definition) is 2. The van der Waals surface area contributed by atoms with Crippen LogP contribution in [0.5, 0.6) is 0 Å². The Labute approximate surface area is 61.0 Å². The standard InChI is InChI=1S/C4H6O2.C3H8O/c1-3(2)4(5)6;1-2-3-4/h1H2,2H3,(H,5,6);4H,2-3H2,1H3. The normalized spacial score (nSPS) is 7.50. The van der Waals surface area contributed by atoms with E-state index in [2.05, 4.69) is 6.58 Å². The van der Waals surface area contributed by atoms with Crippen molar-refractivity contribution in [3.8, 4) is 0 Å². The van der Waals surface area contributed by atoms with Crippen molar-refractivity contribution in [1.29, 1.82) is 0 Å². The Morgan fingerprint density at radius 2 is 1.80 bits per heavy atom. The van der Waals surface area contributed by atoms with Gasteiger partial charge < -0.3 is 10.2 Å². The third-order valence-corrected chi connectivity index (χ3v) is 0.589. The molecule has 0 aromatic carbocycles. The molecule has 0 saturated carbocycles. The van der Waals surface area contributed by atoms with Crippen molar-refractivity contribution in [1.82, 2.24) is 0 Å². The van der Waals surface area contributed by atoms with Crippen LogP contribution in [-0.4, -0.2) is 22.8 Å². The van der Waals surface area contributed by atoms with E-state index >= 15 is 0 Å². The van der Waals surface area contributed by atoms with Crippen LogP contribution in [0.25, 0.3) is 0 Å². The van der Waals surface area contributed by atoms with Gasteiger partial charge in [-0.1, -0.05) is 13.5 Å². The first-order valence-corrected chi connectivity index (χ1v) is 3.05. The summed E-state index contributed by atoms with van der Waals surface area (Å²) in [5, 5.41) is 15.8. The second-order valence-electron chi connectivity index (χ2n) is 1.81. The van der Waals surface area contributed by atoms with E-state index in [1.165, 1.54) is 6.92 Å². The molecule has 0 atom stereocenters. The van der Waals surface area contributed by atoms with Crippen molar-refractivity contribution in [2.45, 2.75) is 20.3 Å². The molecule has 0 aromatic rings. The molecule has 0 unspecified atom stereocenters. The van der Waals surface area contributed by atoms with E-state index in [0.717, 1.165) is 6.42 Å². The van der Waals surface area contributed by atoms with E-state index in [4.69, 9.17) is 10.2 Å². The second-order valence-corrected chi connectivity index (χ2v) is 1.81. The van der Waals surface area contributed by atoms with Gasteiger partial charge in [0, 0.05) is 12.2 Å². The number of aliphatic hydroxyl groups is 1. The zero-order valence-corrected chi connectivity index (χ0v) is 6.42. The number of hydrogen-bond acceptors (Lipinski definition) is 2. The summed E-state index contributed by atoms with van der Waals surface area (Å²) < 4.78 is 0. The van der Waals surface area contributed by atoms with Crippen molar-refractivity contribution in [2.75, 3.05) is 6.61 Å². The van der Waals surface area contributed by atoms with Crippen LogP contribution in [0.4, 0.5) is 0 Å². The quantitative estimate of drug-likeness (QED) is 0.572. The van der Waals surface area contributed by atoms with E-state index in [1.807, 2.05) is 6.92 Å². The fourth-order valence-corrected chi connectivity index (χ4v) is 0. The average molecular weight is 146 g/mol. The van der Waals surface area contributed by atoms with E-state index < -0.39 is 5.97 Å². The number of aliphatic carboxylic acids is 1. The highest BCUT2D eigenvalue weighted by Gasteiger charge is 1.90. The molecule has 0 spiro atoms. The monoisotopic (exact) mass is 146 g/mol. The molecule has 3 heteroatoms. The molecule has 0 heterocycles. The average Bonchev–Trinajstić information content (AvgIpc) is 1.89. The first kappa shape index (κ1) is 11.9. The summed E-state index contributed by atoms with van der Waals surface area (Å²) in [4.78, 5) is 9.60. The van der Waals surface area contributed by atoms with E-state index in [9.17, 15) is 4.79 Å². The molecule has 10 heavy (non-hydrogen) atoms. The first-order chi connectivity index (χ1) is 4.56. The van der Waals surface area contributed by atoms with Gasteiger partial charge in [-0.2, -0.15) is 0 Å². The van der Waals surface area contributed by atoms with Crippen molar-refractivity contribution in [3.05, 3.63) is 12.2 Å². The Hall–Kier alpha value is -0.830. The summed E-state index contributed by atoms with van der Waals surface area (Å²) in [7, 11) is 0. The molecule has 60 valence electrons. The molecule has 0 bridgehead atoms. The van der Waals surface area contributed by atoms with Gasteiger partial charge in [0.05, 0.1) is 0 Å². The maximum atomic E-state index is 9.60. The lowest BCUT2D eigenvalue weighted by Crippen LogP contribution is -1.92. The molecule has 0 rings (SSSR count). The Morgan fingerprint density at radius 3 is 1.80 bits per heavy atom. The molecule has 3 nitrogen and oxygen atoms in total. The Balaban J connectivity index is 0. The predicted molar refractivity (Wildman–Crippen MR) is 39.8 cm³/mol. The zero-order valence-electron chi connectivity index (χ0n) is 6.42. The first-order valence-electron chi connectivity index (χ1n) is 3.05. The van der Waals surface area contributed by atoms with Crippen molar-refractivity contribution in [2.24, 2.45) is 0 Å². The van der Waals surface area contributed by atoms with Gasteiger partial charge in [-0.3, -0.25) is 0 Å². The van der Waals surface area contributed by atoms with Crippen molar-refractivity contribution >= 4 is 5.97 Å². The summed E-state index contributed by atoms with van der Waals surface area (Å²) >= 11 is 0. The number of aliphatic hydroxyl groups excluding tert-OH is 1. The largest absolute Gasteiger partial charge is 0.478 e. The molecule has 0 saturated heterocycles. The molecule has 0 aliphatic heterocycles. The SMILES string of the molecule is C=C(C)C(=O)O.CCCO. The molecule has 0 aliphatic rings. The summed E-state index contributed by atoms with van der Waals surface area (Å²) in [5.74, 6) is -0.935. The van der Waals surface area contributed by atoms with Gasteiger partial charge >= 0.3 is 5.97 Å². The third kappa shape index (κ3) is 15.7. The Bertz CT molecular complexity index is 93.4. The Kier molecular flexibility index (Phi) is 9.73. The topological polar surface area (TPSA) is 57.5 Å². The minimum absolute atomic E-state index is 0.176. The molecule has 0 aliphatic carbocycles. The fraction of sp³-hybridized carbons (Fsp3) is 0.571. The molecule has 0 aromatic heterocycles. The van der Waals surface area contributed by atoms with E-state index in [-0.39, 0.29) is 5.57 Å². The molecular formula is C7H14O3. The number of rotatable bonds is 2. The van der Waals surface area contributed by atoms with E-state index in [1.54, 1.807) is 0 Å². The number of carboxylic acids is 1. The maximum Gasteiger partial charge on any atom is 0.330 e. The summed E-state index contributed by atoms with van der Waals surface area (Å²) in [6.07, 6.45) is 0.875. The third-order valence-electron chi connectivity index (χ3n) is 0.589. The molecular weight excluding hydrogens is 132 g/mol. The molecule has 2 N–H and O–H groups in total. The zero-order chi connectivity index (χ0) is 8.57. The highest BCUT2D eigenvalue weighted by atomic mass is 16.4. The summed E-state index contributed by atoms with van der Waals surface area (Å²) in [6, 6.07) is 0. The fourth-order valence-electron chi connectivity index (χ4n) is 0. The predicted octanol–water partition coefficient (Wildman–Crippen LogP) is 1.04. The van der Waals surface area contributed by atoms with Crippen LogP contribution in [0.2, 0.25) is 0 Å². The van der Waals surface area contributed by atoms with Crippen LogP contribution in [-0.2, 0) is 4.79 Å². The smallest absolute Gasteiger partial charge is 0.330 e. The lowest BCUT2D eigenvalue weighted by Gasteiger charge is -1.79. The van der Waals surface area contributed by atoms with Crippen molar-refractivity contribution < 1.29 is 15.0 Å². The van der Waals surface area contributed by atoms with Gasteiger partial charge in [0.1, 0.15) is 0 Å². The Morgan fingerprint density at radius 1 is 1.60 bits per heavy atom. The molecule has 0 amide bonds. The highest BCUT2D eigenvalue weighted by molar-refractivity contribution is 5.84. The number of carbonyl (C=O) groups is 1. The van der Waals surface area contributed by atoms with E-state index in [0.29, 0.717) is 6.61 Å². The van der Waals surface area contributed by atoms with Gasteiger partial charge in [0.25, 0.3) is 0 Å². The summed E-state index contributed by atoms with van der Waals surface area (Å²) in [6.45, 7) is 6.85. The molecule has 0 radical (unpaired) electrons. The summed E-state index contributed by atoms with van der Waals surface area (Å²) in [5.41, 5.74) is 0.176. The lowest BCUT2D eigenvalue weighted by molar-refractivity contribution is -0.132. The van der Waals surface area contributed by atoms with Crippen LogP contribution in [0.3, 0.4) is 0 Å². The van der Waals surface area contributed by atoms with Crippen LogP contribution in [0, 0.1) is 0 Å². The van der Waals surface area contributed by atoms with Crippen LogP contribution in [0.1, 0.15) is 20.3 Å². The van der Waals surface area contributed by atoms with Crippen molar-refractivity contribution in [3.63, 3.8) is 0 Å². The lowest BCUT2D eigenvalue weighted by atomic mass is 10.4. The minimum Gasteiger partial charge on any atom is -0.478 e. The van der Waals surface area contributed by atoms with Gasteiger partial charge in [0.15, 0.2) is 0 Å².